The van der Waals surface area contributed by atoms with Crippen molar-refractivity contribution in [2.24, 2.45) is 0 Å². The van der Waals surface area contributed by atoms with E-state index in [0.29, 0.717) is 18.8 Å². The van der Waals surface area contributed by atoms with Gasteiger partial charge in [0.25, 0.3) is 5.91 Å². The second-order valence-corrected chi connectivity index (χ2v) is 9.18. The van der Waals surface area contributed by atoms with Crippen molar-refractivity contribution in [3.63, 3.8) is 0 Å². The van der Waals surface area contributed by atoms with Crippen LogP contribution in [0.1, 0.15) is 47.7 Å². The molecule has 0 radical (unpaired) electrons. The topological polar surface area (TPSA) is 75.7 Å². The third-order valence-electron chi connectivity index (χ3n) is 5.35. The maximum absolute atomic E-state index is 13.1. The Labute approximate surface area is 172 Å². The Kier molecular flexibility index (Phi) is 6.59. The van der Waals surface area contributed by atoms with Crippen molar-refractivity contribution in [3.05, 3.63) is 53.1 Å². The second kappa shape index (κ2) is 8.97. The molecule has 29 heavy (non-hydrogen) atoms. The molecule has 156 valence electrons. The van der Waals surface area contributed by atoms with Crippen molar-refractivity contribution in [2.45, 2.75) is 44.4 Å². The van der Waals surface area contributed by atoms with E-state index in [2.05, 4.69) is 5.32 Å². The first-order valence-electron chi connectivity index (χ1n) is 9.96. The molecule has 0 spiro atoms. The third-order valence-corrected chi connectivity index (χ3v) is 7.24. The molecule has 1 aliphatic rings. The maximum Gasteiger partial charge on any atom is 0.259 e. The van der Waals surface area contributed by atoms with Gasteiger partial charge in [-0.1, -0.05) is 31.5 Å². The van der Waals surface area contributed by atoms with Crippen LogP contribution in [-0.2, 0) is 16.4 Å². The van der Waals surface area contributed by atoms with Crippen molar-refractivity contribution in [2.75, 3.05) is 25.5 Å². The molecule has 7 heteroatoms. The van der Waals surface area contributed by atoms with Gasteiger partial charge in [0, 0.05) is 18.8 Å². The van der Waals surface area contributed by atoms with Crippen LogP contribution in [0.3, 0.4) is 0 Å². The lowest BCUT2D eigenvalue weighted by Gasteiger charge is -2.26. The number of sulfonamides is 1. The number of piperidine rings is 1. The van der Waals surface area contributed by atoms with E-state index in [4.69, 9.17) is 4.74 Å². The normalized spacial score (nSPS) is 15.1. The minimum atomic E-state index is -3.64. The molecule has 0 aromatic heterocycles. The SMILES string of the molecule is CCc1cccc(C)c1NC(=O)c1cc(S(=O)(=O)N2CCCCC2)ccc1OC. The minimum absolute atomic E-state index is 0.117. The molecule has 1 N–H and O–H groups in total. The summed E-state index contributed by atoms with van der Waals surface area (Å²) in [5, 5.41) is 2.95. The van der Waals surface area contributed by atoms with Crippen LogP contribution in [0.15, 0.2) is 41.3 Å². The Bertz CT molecular complexity index is 996. The highest BCUT2D eigenvalue weighted by Gasteiger charge is 2.27. The van der Waals surface area contributed by atoms with Crippen LogP contribution in [-0.4, -0.2) is 38.8 Å². The molecule has 0 unspecified atom stereocenters. The number of para-hydroxylation sites is 1. The van der Waals surface area contributed by atoms with Gasteiger partial charge in [0.05, 0.1) is 17.6 Å². The van der Waals surface area contributed by atoms with E-state index in [0.717, 1.165) is 42.5 Å². The quantitative estimate of drug-likeness (QED) is 0.772. The number of carbonyl (C=O) groups is 1. The average Bonchev–Trinajstić information content (AvgIpc) is 2.75. The molecule has 0 atom stereocenters. The van der Waals surface area contributed by atoms with Crippen LogP contribution >= 0.6 is 0 Å². The number of ether oxygens (including phenoxy) is 1. The molecule has 3 rings (SSSR count). The van der Waals surface area contributed by atoms with E-state index < -0.39 is 10.0 Å². The number of carbonyl (C=O) groups excluding carboxylic acids is 1. The van der Waals surface area contributed by atoms with E-state index in [-0.39, 0.29) is 16.4 Å². The van der Waals surface area contributed by atoms with Crippen molar-refractivity contribution in [1.29, 1.82) is 0 Å². The Balaban J connectivity index is 1.96. The lowest BCUT2D eigenvalue weighted by Crippen LogP contribution is -2.35. The summed E-state index contributed by atoms with van der Waals surface area (Å²) in [7, 11) is -2.17. The maximum atomic E-state index is 13.1. The summed E-state index contributed by atoms with van der Waals surface area (Å²) in [6, 6.07) is 10.3. The van der Waals surface area contributed by atoms with Crippen molar-refractivity contribution >= 4 is 21.6 Å². The van der Waals surface area contributed by atoms with Gasteiger partial charge in [0.15, 0.2) is 0 Å². The standard InChI is InChI=1S/C22H28N2O4S/c1-4-17-10-8-9-16(2)21(17)23-22(25)19-15-18(11-12-20(19)28-3)29(26,27)24-13-6-5-7-14-24/h8-12,15H,4-7,13-14H2,1-3H3,(H,23,25). The minimum Gasteiger partial charge on any atom is -0.496 e. The van der Waals surface area contributed by atoms with Gasteiger partial charge >= 0.3 is 0 Å². The molecule has 0 aliphatic carbocycles. The fourth-order valence-corrected chi connectivity index (χ4v) is 5.21. The van der Waals surface area contributed by atoms with Gasteiger partial charge in [-0.15, -0.1) is 0 Å². The van der Waals surface area contributed by atoms with Crippen LogP contribution in [0.5, 0.6) is 5.75 Å². The summed E-state index contributed by atoms with van der Waals surface area (Å²) in [5.74, 6) is -0.0479. The number of benzene rings is 2. The summed E-state index contributed by atoms with van der Waals surface area (Å²) < 4.78 is 32.9. The van der Waals surface area contributed by atoms with Gasteiger partial charge in [0.2, 0.25) is 10.0 Å². The van der Waals surface area contributed by atoms with Crippen LogP contribution < -0.4 is 10.1 Å². The first-order valence-corrected chi connectivity index (χ1v) is 11.4. The number of aryl methyl sites for hydroxylation is 2. The molecule has 6 nitrogen and oxygen atoms in total. The van der Waals surface area contributed by atoms with Gasteiger partial charge in [0.1, 0.15) is 5.75 Å². The lowest BCUT2D eigenvalue weighted by atomic mass is 10.1. The Morgan fingerprint density at radius 2 is 1.86 bits per heavy atom. The van der Waals surface area contributed by atoms with Gasteiger partial charge in [-0.05, 0) is 55.5 Å². The predicted octanol–water partition coefficient (Wildman–Crippen LogP) is 3.99. The monoisotopic (exact) mass is 416 g/mol. The molecule has 2 aromatic carbocycles. The first kappa shape index (κ1) is 21.3. The number of hydrogen-bond donors (Lipinski definition) is 1. The fraction of sp³-hybridized carbons (Fsp3) is 0.409. The second-order valence-electron chi connectivity index (χ2n) is 7.24. The molecule has 1 amide bonds. The number of hydrogen-bond acceptors (Lipinski definition) is 4. The molecular formula is C22H28N2O4S. The van der Waals surface area contributed by atoms with Gasteiger partial charge in [-0.2, -0.15) is 4.31 Å². The summed E-state index contributed by atoms with van der Waals surface area (Å²) >= 11 is 0. The van der Waals surface area contributed by atoms with Crippen molar-refractivity contribution in [1.82, 2.24) is 4.31 Å². The van der Waals surface area contributed by atoms with E-state index in [1.807, 2.05) is 32.0 Å². The Morgan fingerprint density at radius 1 is 1.14 bits per heavy atom. The Hall–Kier alpha value is -2.38. The molecule has 2 aromatic rings. The summed E-state index contributed by atoms with van der Waals surface area (Å²) in [6.45, 7) is 4.98. The molecule has 1 aliphatic heterocycles. The molecule has 0 saturated carbocycles. The highest BCUT2D eigenvalue weighted by Crippen LogP contribution is 2.28. The number of anilines is 1. The molecule has 0 bridgehead atoms. The zero-order valence-electron chi connectivity index (χ0n) is 17.2. The van der Waals surface area contributed by atoms with Crippen molar-refractivity contribution < 1.29 is 17.9 Å². The highest BCUT2D eigenvalue weighted by molar-refractivity contribution is 7.89. The predicted molar refractivity (Wildman–Crippen MR) is 114 cm³/mol. The van der Waals surface area contributed by atoms with E-state index in [9.17, 15) is 13.2 Å². The molecule has 1 fully saturated rings. The summed E-state index contributed by atoms with van der Waals surface area (Å²) in [4.78, 5) is 13.2. The van der Waals surface area contributed by atoms with E-state index >= 15 is 0 Å². The molecule has 1 saturated heterocycles. The summed E-state index contributed by atoms with van der Waals surface area (Å²) in [5.41, 5.74) is 2.94. The smallest absolute Gasteiger partial charge is 0.259 e. The fourth-order valence-electron chi connectivity index (χ4n) is 3.66. The van der Waals surface area contributed by atoms with Crippen molar-refractivity contribution in [3.8, 4) is 5.75 Å². The van der Waals surface area contributed by atoms with Gasteiger partial charge in [-0.3, -0.25) is 4.79 Å². The van der Waals surface area contributed by atoms with Crippen LogP contribution in [0.25, 0.3) is 0 Å². The van der Waals surface area contributed by atoms with Gasteiger partial charge in [-0.25, -0.2) is 8.42 Å². The number of nitrogens with one attached hydrogen (secondary N) is 1. The zero-order chi connectivity index (χ0) is 21.0. The zero-order valence-corrected chi connectivity index (χ0v) is 18.0. The van der Waals surface area contributed by atoms with Crippen LogP contribution in [0.2, 0.25) is 0 Å². The number of methoxy groups -OCH3 is 1. The average molecular weight is 417 g/mol. The van der Waals surface area contributed by atoms with Gasteiger partial charge < -0.3 is 10.1 Å². The first-order chi connectivity index (χ1) is 13.9. The number of amides is 1. The third kappa shape index (κ3) is 4.46. The van der Waals surface area contributed by atoms with E-state index in [1.54, 1.807) is 6.07 Å². The lowest BCUT2D eigenvalue weighted by molar-refractivity contribution is 0.102. The number of nitrogens with zero attached hydrogens (tertiary/aromatic N) is 1. The summed E-state index contributed by atoms with van der Waals surface area (Å²) in [6.07, 6.45) is 3.53. The van der Waals surface area contributed by atoms with E-state index in [1.165, 1.54) is 23.5 Å². The highest BCUT2D eigenvalue weighted by atomic mass is 32.2. The molecular weight excluding hydrogens is 388 g/mol. The number of rotatable bonds is 6. The van der Waals surface area contributed by atoms with Crippen LogP contribution in [0.4, 0.5) is 5.69 Å². The molecule has 1 heterocycles. The van der Waals surface area contributed by atoms with Crippen LogP contribution in [0, 0.1) is 6.92 Å². The largest absolute Gasteiger partial charge is 0.496 e. The Morgan fingerprint density at radius 3 is 2.52 bits per heavy atom.